The van der Waals surface area contributed by atoms with E-state index in [2.05, 4.69) is 10.6 Å². The summed E-state index contributed by atoms with van der Waals surface area (Å²) in [6, 6.07) is 24.0. The van der Waals surface area contributed by atoms with Crippen LogP contribution in [0.3, 0.4) is 0 Å². The summed E-state index contributed by atoms with van der Waals surface area (Å²) in [7, 11) is 0. The number of likely N-dealkylation sites (tertiary alicyclic amines) is 1. The van der Waals surface area contributed by atoms with Gasteiger partial charge in [-0.05, 0) is 55.0 Å². The number of carbonyl (C=O) groups is 2. The molecule has 6 heteroatoms. The van der Waals surface area contributed by atoms with E-state index in [0.29, 0.717) is 31.5 Å². The maximum Gasteiger partial charge on any atom is 0.318 e. The van der Waals surface area contributed by atoms with Crippen LogP contribution in [0.5, 0.6) is 0 Å². The number of hydrogen-bond acceptors (Lipinski definition) is 2. The number of urea groups is 1. The van der Waals surface area contributed by atoms with Crippen LogP contribution in [-0.4, -0.2) is 23.4 Å². The van der Waals surface area contributed by atoms with Crippen molar-refractivity contribution in [3.8, 4) is 0 Å². The molecule has 1 heterocycles. The van der Waals surface area contributed by atoms with Crippen molar-refractivity contribution >= 4 is 11.9 Å². The van der Waals surface area contributed by atoms with Gasteiger partial charge >= 0.3 is 6.03 Å². The first-order chi connectivity index (χ1) is 16.9. The van der Waals surface area contributed by atoms with Crippen LogP contribution in [0.1, 0.15) is 54.1 Å². The van der Waals surface area contributed by atoms with Gasteiger partial charge in [-0.3, -0.25) is 4.79 Å². The summed E-state index contributed by atoms with van der Waals surface area (Å²) in [4.78, 5) is 28.2. The summed E-state index contributed by atoms with van der Waals surface area (Å²) in [6.45, 7) is 4.38. The summed E-state index contributed by atoms with van der Waals surface area (Å²) < 4.78 is 13.9. The summed E-state index contributed by atoms with van der Waals surface area (Å²) >= 11 is 0. The van der Waals surface area contributed by atoms with Crippen molar-refractivity contribution in [2.75, 3.05) is 6.54 Å². The van der Waals surface area contributed by atoms with E-state index in [1.54, 1.807) is 24.0 Å². The van der Waals surface area contributed by atoms with Crippen molar-refractivity contribution in [2.45, 2.75) is 45.3 Å². The molecule has 3 amide bonds. The van der Waals surface area contributed by atoms with Gasteiger partial charge in [-0.25, -0.2) is 9.18 Å². The Bertz CT molecular complexity index is 1150. The molecule has 0 bridgehead atoms. The van der Waals surface area contributed by atoms with Crippen LogP contribution in [0, 0.1) is 18.7 Å². The van der Waals surface area contributed by atoms with Crippen LogP contribution in [0.4, 0.5) is 9.18 Å². The molecule has 3 aromatic rings. The molecule has 0 saturated carbocycles. The van der Waals surface area contributed by atoms with Crippen LogP contribution >= 0.6 is 0 Å². The third kappa shape index (κ3) is 6.07. The lowest BCUT2D eigenvalue weighted by molar-refractivity contribution is -0.127. The lowest BCUT2D eigenvalue weighted by Gasteiger charge is -2.39. The van der Waals surface area contributed by atoms with Gasteiger partial charge in [-0.1, -0.05) is 72.8 Å². The van der Waals surface area contributed by atoms with Crippen molar-refractivity contribution in [1.82, 2.24) is 15.5 Å². The summed E-state index contributed by atoms with van der Waals surface area (Å²) in [5, 5.41) is 6.11. The molecule has 182 valence electrons. The molecule has 4 rings (SSSR count). The lowest BCUT2D eigenvalue weighted by Crippen LogP contribution is -2.50. The lowest BCUT2D eigenvalue weighted by atomic mass is 9.88. The topological polar surface area (TPSA) is 61.4 Å². The second-order valence-electron chi connectivity index (χ2n) is 9.24. The Kier molecular flexibility index (Phi) is 7.80. The molecule has 5 nitrogen and oxygen atoms in total. The second-order valence-corrected chi connectivity index (χ2v) is 9.24. The zero-order chi connectivity index (χ0) is 24.8. The molecule has 35 heavy (non-hydrogen) atoms. The molecule has 1 fully saturated rings. The summed E-state index contributed by atoms with van der Waals surface area (Å²) in [5.74, 6) is -0.644. The first-order valence-corrected chi connectivity index (χ1v) is 12.1. The SMILES string of the molecule is Cc1cc(C2CCC(C(=O)NC(C)c3ccccc3)CN2C(=O)NCc2ccccc2)ccc1F. The molecule has 0 spiro atoms. The van der Waals surface area contributed by atoms with E-state index in [1.165, 1.54) is 6.07 Å². The Labute approximate surface area is 206 Å². The van der Waals surface area contributed by atoms with E-state index >= 15 is 0 Å². The number of nitrogens with zero attached hydrogens (tertiary/aromatic N) is 1. The van der Waals surface area contributed by atoms with Gasteiger partial charge in [-0.2, -0.15) is 0 Å². The minimum atomic E-state index is -0.318. The highest BCUT2D eigenvalue weighted by Gasteiger charge is 2.36. The Balaban J connectivity index is 1.50. The first kappa shape index (κ1) is 24.5. The molecule has 0 radical (unpaired) electrons. The van der Waals surface area contributed by atoms with Gasteiger partial charge in [0.15, 0.2) is 0 Å². The molecule has 1 saturated heterocycles. The van der Waals surface area contributed by atoms with Crippen molar-refractivity contribution in [3.63, 3.8) is 0 Å². The number of carbonyl (C=O) groups excluding carboxylic acids is 2. The first-order valence-electron chi connectivity index (χ1n) is 12.1. The van der Waals surface area contributed by atoms with Gasteiger partial charge in [0.25, 0.3) is 0 Å². The predicted molar refractivity (Wildman–Crippen MR) is 135 cm³/mol. The number of benzene rings is 3. The predicted octanol–water partition coefficient (Wildman–Crippen LogP) is 5.67. The number of hydrogen-bond donors (Lipinski definition) is 2. The molecular formula is C29H32FN3O2. The van der Waals surface area contributed by atoms with Crippen LogP contribution in [0.25, 0.3) is 0 Å². The minimum Gasteiger partial charge on any atom is -0.349 e. The maximum atomic E-state index is 13.9. The van der Waals surface area contributed by atoms with E-state index < -0.39 is 0 Å². The number of aryl methyl sites for hydroxylation is 1. The Morgan fingerprint density at radius 3 is 2.37 bits per heavy atom. The molecule has 0 aliphatic carbocycles. The molecule has 0 aromatic heterocycles. The number of piperidine rings is 1. The number of halogens is 1. The monoisotopic (exact) mass is 473 g/mol. The van der Waals surface area contributed by atoms with E-state index in [4.69, 9.17) is 0 Å². The van der Waals surface area contributed by atoms with Gasteiger partial charge in [0.2, 0.25) is 5.91 Å². The number of rotatable bonds is 6. The van der Waals surface area contributed by atoms with Crippen molar-refractivity contribution < 1.29 is 14.0 Å². The summed E-state index contributed by atoms with van der Waals surface area (Å²) in [6.07, 6.45) is 1.28. The molecule has 3 atom stereocenters. The van der Waals surface area contributed by atoms with E-state index in [9.17, 15) is 14.0 Å². The van der Waals surface area contributed by atoms with Gasteiger partial charge in [0.1, 0.15) is 5.82 Å². The average molecular weight is 474 g/mol. The Morgan fingerprint density at radius 2 is 1.69 bits per heavy atom. The normalized spacial score (nSPS) is 18.5. The molecule has 1 aliphatic heterocycles. The molecule has 2 N–H and O–H groups in total. The van der Waals surface area contributed by atoms with Crippen molar-refractivity contribution in [2.24, 2.45) is 5.92 Å². The van der Waals surface area contributed by atoms with Crippen LogP contribution < -0.4 is 10.6 Å². The maximum absolute atomic E-state index is 13.9. The smallest absolute Gasteiger partial charge is 0.318 e. The standard InChI is InChI=1S/C29H32FN3O2/c1-20-17-24(13-15-26(20)30)27-16-14-25(28(34)32-21(2)23-11-7-4-8-12-23)19-33(27)29(35)31-18-22-9-5-3-6-10-22/h3-13,15,17,21,25,27H,14,16,18-19H2,1-2H3,(H,31,35)(H,32,34). The Morgan fingerprint density at radius 1 is 1.00 bits per heavy atom. The largest absolute Gasteiger partial charge is 0.349 e. The fraction of sp³-hybridized carbons (Fsp3) is 0.310. The van der Waals surface area contributed by atoms with E-state index in [-0.39, 0.29) is 35.8 Å². The van der Waals surface area contributed by atoms with Crippen LogP contribution in [-0.2, 0) is 11.3 Å². The van der Waals surface area contributed by atoms with Crippen LogP contribution in [0.2, 0.25) is 0 Å². The zero-order valence-corrected chi connectivity index (χ0v) is 20.2. The fourth-order valence-electron chi connectivity index (χ4n) is 4.66. The third-order valence-electron chi connectivity index (χ3n) is 6.73. The molecular weight excluding hydrogens is 441 g/mol. The van der Waals surface area contributed by atoms with Gasteiger partial charge in [-0.15, -0.1) is 0 Å². The molecule has 3 unspecified atom stereocenters. The second kappa shape index (κ2) is 11.2. The van der Waals surface area contributed by atoms with Crippen molar-refractivity contribution in [3.05, 3.63) is 107 Å². The van der Waals surface area contributed by atoms with Crippen molar-refractivity contribution in [1.29, 1.82) is 0 Å². The zero-order valence-electron chi connectivity index (χ0n) is 20.2. The van der Waals surface area contributed by atoms with Gasteiger partial charge in [0.05, 0.1) is 18.0 Å². The number of nitrogens with one attached hydrogen (secondary N) is 2. The highest BCUT2D eigenvalue weighted by molar-refractivity contribution is 5.81. The van der Waals surface area contributed by atoms with Crippen LogP contribution in [0.15, 0.2) is 78.9 Å². The average Bonchev–Trinajstić information content (AvgIpc) is 2.89. The fourth-order valence-corrected chi connectivity index (χ4v) is 4.66. The van der Waals surface area contributed by atoms with E-state index in [0.717, 1.165) is 16.7 Å². The van der Waals surface area contributed by atoms with E-state index in [1.807, 2.05) is 67.6 Å². The highest BCUT2D eigenvalue weighted by atomic mass is 19.1. The minimum absolute atomic E-state index is 0.0593. The van der Waals surface area contributed by atoms with Gasteiger partial charge < -0.3 is 15.5 Å². The highest BCUT2D eigenvalue weighted by Crippen LogP contribution is 2.34. The summed E-state index contributed by atoms with van der Waals surface area (Å²) in [5.41, 5.74) is 3.46. The third-order valence-corrected chi connectivity index (χ3v) is 6.73. The molecule has 1 aliphatic rings. The van der Waals surface area contributed by atoms with Gasteiger partial charge in [0, 0.05) is 13.1 Å². The quantitative estimate of drug-likeness (QED) is 0.484. The Hall–Kier alpha value is -3.67. The molecule has 3 aromatic carbocycles. The number of amides is 3.